The van der Waals surface area contributed by atoms with Gasteiger partial charge >= 0.3 is 5.97 Å². The summed E-state index contributed by atoms with van der Waals surface area (Å²) in [6.07, 6.45) is 4.76. The van der Waals surface area contributed by atoms with Crippen LogP contribution in [0.1, 0.15) is 56.8 Å². The molecule has 1 aliphatic carbocycles. The second-order valence-corrected chi connectivity index (χ2v) is 8.08. The molecule has 0 heterocycles. The minimum Gasteiger partial charge on any atom is -0.292 e. The van der Waals surface area contributed by atoms with Crippen molar-refractivity contribution >= 4 is 5.97 Å². The highest BCUT2D eigenvalue weighted by Crippen LogP contribution is 2.40. The molecule has 3 heteroatoms. The fourth-order valence-electron chi connectivity index (χ4n) is 3.49. The maximum absolute atomic E-state index is 12.3. The summed E-state index contributed by atoms with van der Waals surface area (Å²) in [5.41, 5.74) is 2.87. The molecule has 2 aromatic carbocycles. The van der Waals surface area contributed by atoms with Crippen molar-refractivity contribution in [1.82, 2.24) is 0 Å². The van der Waals surface area contributed by atoms with Crippen molar-refractivity contribution < 1.29 is 14.6 Å². The Kier molecular flexibility index (Phi) is 5.77. The largest absolute Gasteiger partial charge is 0.373 e. The molecule has 1 radical (unpaired) electrons. The van der Waals surface area contributed by atoms with Crippen molar-refractivity contribution in [3.63, 3.8) is 0 Å². The monoisotopic (exact) mass is 351 g/mol. The smallest absolute Gasteiger partial charge is 0.292 e. The molecule has 0 saturated heterocycles. The summed E-state index contributed by atoms with van der Waals surface area (Å²) in [5, 5.41) is 0. The summed E-state index contributed by atoms with van der Waals surface area (Å²) < 4.78 is 0. The number of rotatable bonds is 4. The van der Waals surface area contributed by atoms with E-state index >= 15 is 0 Å². The van der Waals surface area contributed by atoms with Gasteiger partial charge in [-0.1, -0.05) is 63.2 Å². The molecule has 0 spiro atoms. The highest BCUT2D eigenvalue weighted by Gasteiger charge is 2.31. The summed E-state index contributed by atoms with van der Waals surface area (Å²) >= 11 is 0. The number of benzene rings is 2. The van der Waals surface area contributed by atoms with Crippen LogP contribution in [0.5, 0.6) is 0 Å². The summed E-state index contributed by atoms with van der Waals surface area (Å²) in [4.78, 5) is 22.8. The Hall–Kier alpha value is -2.13. The van der Waals surface area contributed by atoms with Crippen LogP contribution in [0, 0.1) is 17.4 Å². The van der Waals surface area contributed by atoms with Crippen LogP contribution in [0.4, 0.5) is 0 Å². The highest BCUT2D eigenvalue weighted by molar-refractivity contribution is 5.90. The van der Waals surface area contributed by atoms with Gasteiger partial charge in [0, 0.05) is 0 Å². The molecule has 2 aromatic rings. The molecule has 3 rings (SSSR count). The Morgan fingerprint density at radius 1 is 0.923 bits per heavy atom. The van der Waals surface area contributed by atoms with E-state index < -0.39 is 5.97 Å². The Morgan fingerprint density at radius 3 is 2.23 bits per heavy atom. The average molecular weight is 351 g/mol. The van der Waals surface area contributed by atoms with E-state index in [-0.39, 0.29) is 0 Å². The van der Waals surface area contributed by atoms with Crippen molar-refractivity contribution in [2.45, 2.75) is 46.5 Å². The lowest BCUT2D eigenvalue weighted by atomic mass is 9.72. The minimum absolute atomic E-state index is 0.320. The second-order valence-electron chi connectivity index (χ2n) is 8.08. The van der Waals surface area contributed by atoms with Gasteiger partial charge in [-0.2, -0.15) is 4.89 Å². The zero-order valence-corrected chi connectivity index (χ0v) is 15.8. The van der Waals surface area contributed by atoms with Crippen LogP contribution in [0.15, 0.2) is 54.6 Å². The summed E-state index contributed by atoms with van der Waals surface area (Å²) in [7, 11) is 0. The Bertz CT molecular complexity index is 723. The van der Waals surface area contributed by atoms with Gasteiger partial charge in [-0.15, -0.1) is 0 Å². The van der Waals surface area contributed by atoms with Gasteiger partial charge in [-0.3, -0.25) is 4.89 Å². The average Bonchev–Trinajstić information content (AvgIpc) is 2.66. The van der Waals surface area contributed by atoms with Crippen LogP contribution in [-0.2, 0) is 9.78 Å². The standard InChI is InChI=1S/C23H27O3/c1-23(2,3)20-12-14-21(15-13-20)25-26-22(24)19-11-7-10-18(16-19)17-8-5-4-6-9-17/h4-11,16,20H,12-15H2,1-3H3. The first-order valence-corrected chi connectivity index (χ1v) is 9.32. The van der Waals surface area contributed by atoms with Gasteiger partial charge in [0.15, 0.2) is 0 Å². The fraction of sp³-hybridized carbons (Fsp3) is 0.391. The molecule has 1 saturated carbocycles. The zero-order valence-electron chi connectivity index (χ0n) is 15.8. The van der Waals surface area contributed by atoms with Crippen LogP contribution in [-0.4, -0.2) is 5.97 Å². The van der Waals surface area contributed by atoms with Gasteiger partial charge in [0.05, 0.1) is 5.56 Å². The molecule has 1 aliphatic rings. The molecule has 0 aliphatic heterocycles. The predicted molar refractivity (Wildman–Crippen MR) is 103 cm³/mol. The van der Waals surface area contributed by atoms with Gasteiger partial charge in [0.2, 0.25) is 0 Å². The molecular weight excluding hydrogens is 324 g/mol. The van der Waals surface area contributed by atoms with Crippen LogP contribution in [0.3, 0.4) is 0 Å². The van der Waals surface area contributed by atoms with Crippen LogP contribution in [0.25, 0.3) is 11.1 Å². The molecule has 1 fully saturated rings. The lowest BCUT2D eigenvalue weighted by Crippen LogP contribution is -2.26. The maximum atomic E-state index is 12.3. The molecule has 137 valence electrons. The first-order chi connectivity index (χ1) is 12.4. The van der Waals surface area contributed by atoms with E-state index in [1.54, 1.807) is 6.07 Å². The van der Waals surface area contributed by atoms with Crippen molar-refractivity contribution in [3.05, 3.63) is 66.3 Å². The van der Waals surface area contributed by atoms with Crippen molar-refractivity contribution in [3.8, 4) is 11.1 Å². The minimum atomic E-state index is -0.451. The zero-order chi connectivity index (χ0) is 18.6. The van der Waals surface area contributed by atoms with Crippen molar-refractivity contribution in [2.24, 2.45) is 11.3 Å². The van der Waals surface area contributed by atoms with E-state index in [0.717, 1.165) is 42.9 Å². The van der Waals surface area contributed by atoms with Crippen LogP contribution in [0.2, 0.25) is 0 Å². The van der Waals surface area contributed by atoms with E-state index in [9.17, 15) is 4.79 Å². The molecular formula is C23H27O3. The van der Waals surface area contributed by atoms with Crippen LogP contribution < -0.4 is 0 Å². The molecule has 0 bridgehead atoms. The van der Waals surface area contributed by atoms with Crippen molar-refractivity contribution in [2.75, 3.05) is 0 Å². The third-order valence-corrected chi connectivity index (χ3v) is 5.21. The van der Waals surface area contributed by atoms with Gasteiger partial charge in [-0.25, -0.2) is 4.79 Å². The second kappa shape index (κ2) is 8.05. The SMILES string of the molecule is CC(C)(C)C1CC[C](OOC(=O)c2cccc(-c3ccccc3)c2)CC1. The van der Waals surface area contributed by atoms with Gasteiger partial charge in [0.25, 0.3) is 0 Å². The topological polar surface area (TPSA) is 35.5 Å². The van der Waals surface area contributed by atoms with Crippen molar-refractivity contribution in [1.29, 1.82) is 0 Å². The van der Waals surface area contributed by atoms with Gasteiger partial charge < -0.3 is 0 Å². The molecule has 0 atom stereocenters. The normalized spacial score (nSPS) is 16.4. The highest BCUT2D eigenvalue weighted by atomic mass is 17.2. The van der Waals surface area contributed by atoms with Crippen LogP contribution >= 0.6 is 0 Å². The molecule has 3 nitrogen and oxygen atoms in total. The number of hydrogen-bond donors (Lipinski definition) is 0. The lowest BCUT2D eigenvalue weighted by molar-refractivity contribution is -0.241. The van der Waals surface area contributed by atoms with E-state index in [4.69, 9.17) is 9.78 Å². The van der Waals surface area contributed by atoms with E-state index in [0.29, 0.717) is 16.9 Å². The summed E-state index contributed by atoms with van der Waals surface area (Å²) in [6, 6.07) is 17.4. The van der Waals surface area contributed by atoms with E-state index in [1.165, 1.54) is 0 Å². The summed E-state index contributed by atoms with van der Waals surface area (Å²) in [5.74, 6) is 0.237. The van der Waals surface area contributed by atoms with Gasteiger partial charge in [0.1, 0.15) is 6.10 Å². The molecule has 0 unspecified atom stereocenters. The predicted octanol–water partition coefficient (Wildman–Crippen LogP) is 6.21. The molecule has 0 aromatic heterocycles. The maximum Gasteiger partial charge on any atom is 0.373 e. The Balaban J connectivity index is 1.55. The van der Waals surface area contributed by atoms with Gasteiger partial charge in [-0.05, 0) is 60.3 Å². The third-order valence-electron chi connectivity index (χ3n) is 5.21. The number of carbonyl (C=O) groups excluding carboxylic acids is 1. The first kappa shape index (κ1) is 18.7. The Morgan fingerprint density at radius 2 is 1.58 bits per heavy atom. The molecule has 26 heavy (non-hydrogen) atoms. The first-order valence-electron chi connectivity index (χ1n) is 9.32. The number of carbonyl (C=O) groups is 1. The molecule has 0 amide bonds. The molecule has 0 N–H and O–H groups in total. The lowest BCUT2D eigenvalue weighted by Gasteiger charge is -2.35. The quantitative estimate of drug-likeness (QED) is 0.485. The number of hydrogen-bond acceptors (Lipinski definition) is 3. The Labute approximate surface area is 156 Å². The fourth-order valence-corrected chi connectivity index (χ4v) is 3.49. The van der Waals surface area contributed by atoms with E-state index in [2.05, 4.69) is 20.8 Å². The summed E-state index contributed by atoms with van der Waals surface area (Å²) in [6.45, 7) is 6.84. The third kappa shape index (κ3) is 4.73. The van der Waals surface area contributed by atoms with E-state index in [1.807, 2.05) is 48.5 Å².